The number of likely N-dealkylation sites (tertiary alicyclic amines) is 1. The topological polar surface area (TPSA) is 26.7 Å². The highest BCUT2D eigenvalue weighted by molar-refractivity contribution is 4.82. The summed E-state index contributed by atoms with van der Waals surface area (Å²) in [5, 5.41) is 8.83. The van der Waals surface area contributed by atoms with E-state index >= 15 is 0 Å². The van der Waals surface area contributed by atoms with Gasteiger partial charge in [-0.25, -0.2) is 0 Å². The van der Waals surface area contributed by atoms with Crippen LogP contribution in [0.1, 0.15) is 13.3 Å². The van der Waals surface area contributed by atoms with E-state index in [-0.39, 0.29) is 0 Å². The number of aliphatic hydroxyl groups is 1. The molecule has 1 fully saturated rings. The molecule has 3 nitrogen and oxygen atoms in total. The van der Waals surface area contributed by atoms with E-state index in [2.05, 4.69) is 30.8 Å². The number of nitrogens with zero attached hydrogens (tertiary/aromatic N) is 2. The lowest BCUT2D eigenvalue weighted by Crippen LogP contribution is -2.48. The minimum absolute atomic E-state index is 0.291. The fourth-order valence-electron chi connectivity index (χ4n) is 2.33. The Morgan fingerprint density at radius 1 is 1.46 bits per heavy atom. The quantitative estimate of drug-likeness (QED) is 0.684. The zero-order valence-corrected chi connectivity index (χ0v) is 9.03. The van der Waals surface area contributed by atoms with Gasteiger partial charge in [0, 0.05) is 19.1 Å². The Morgan fingerprint density at radius 2 is 2.15 bits per heavy atom. The molecular weight excluding hydrogens is 164 g/mol. The smallest absolute Gasteiger partial charge is 0.0558 e. The van der Waals surface area contributed by atoms with Gasteiger partial charge in [0.2, 0.25) is 0 Å². The van der Waals surface area contributed by atoms with E-state index in [1.54, 1.807) is 0 Å². The van der Waals surface area contributed by atoms with Gasteiger partial charge in [0.15, 0.2) is 0 Å². The van der Waals surface area contributed by atoms with Crippen LogP contribution in [0.5, 0.6) is 0 Å². The highest BCUT2D eigenvalue weighted by Crippen LogP contribution is 2.19. The third-order valence-electron chi connectivity index (χ3n) is 3.02. The van der Waals surface area contributed by atoms with E-state index in [9.17, 15) is 0 Å². The van der Waals surface area contributed by atoms with Gasteiger partial charge >= 0.3 is 0 Å². The Bertz CT molecular complexity index is 150. The molecule has 0 aromatic carbocycles. The Balaban J connectivity index is 2.37. The molecule has 1 saturated heterocycles. The van der Waals surface area contributed by atoms with Crippen molar-refractivity contribution in [3.8, 4) is 0 Å². The van der Waals surface area contributed by atoms with Gasteiger partial charge in [0.05, 0.1) is 6.61 Å². The average molecular weight is 186 g/mol. The maximum absolute atomic E-state index is 8.83. The molecule has 0 aromatic heterocycles. The van der Waals surface area contributed by atoms with Crippen molar-refractivity contribution >= 4 is 0 Å². The number of hydrogen-bond donors (Lipinski definition) is 1. The summed E-state index contributed by atoms with van der Waals surface area (Å²) < 4.78 is 0. The number of piperidine rings is 1. The zero-order valence-electron chi connectivity index (χ0n) is 9.03. The Kier molecular flexibility index (Phi) is 4.16. The summed E-state index contributed by atoms with van der Waals surface area (Å²) in [6.45, 7) is 5.69. The lowest BCUT2D eigenvalue weighted by molar-refractivity contribution is 0.0813. The molecule has 13 heavy (non-hydrogen) atoms. The van der Waals surface area contributed by atoms with Crippen molar-refractivity contribution in [3.05, 3.63) is 0 Å². The number of hydrogen-bond acceptors (Lipinski definition) is 3. The van der Waals surface area contributed by atoms with E-state index in [1.807, 2.05) is 0 Å². The maximum Gasteiger partial charge on any atom is 0.0558 e. The highest BCUT2D eigenvalue weighted by atomic mass is 16.3. The van der Waals surface area contributed by atoms with Crippen LogP contribution in [0.3, 0.4) is 0 Å². The first-order valence-electron chi connectivity index (χ1n) is 5.14. The van der Waals surface area contributed by atoms with Crippen molar-refractivity contribution in [2.24, 2.45) is 5.92 Å². The molecule has 1 aliphatic rings. The second-order valence-electron chi connectivity index (χ2n) is 4.32. The first kappa shape index (κ1) is 11.0. The lowest BCUT2D eigenvalue weighted by Gasteiger charge is -2.39. The summed E-state index contributed by atoms with van der Waals surface area (Å²) in [5.41, 5.74) is 0. The summed E-state index contributed by atoms with van der Waals surface area (Å²) in [6, 6.07) is 0.718. The van der Waals surface area contributed by atoms with Crippen LogP contribution in [0.25, 0.3) is 0 Å². The van der Waals surface area contributed by atoms with Gasteiger partial charge in [-0.2, -0.15) is 0 Å². The third-order valence-corrected chi connectivity index (χ3v) is 3.02. The molecule has 1 rings (SSSR count). The van der Waals surface area contributed by atoms with Crippen LogP contribution in [0.15, 0.2) is 0 Å². The van der Waals surface area contributed by atoms with Crippen molar-refractivity contribution in [1.82, 2.24) is 9.80 Å². The van der Waals surface area contributed by atoms with Crippen molar-refractivity contribution in [2.45, 2.75) is 19.4 Å². The molecule has 1 aliphatic heterocycles. The minimum Gasteiger partial charge on any atom is -0.395 e. The van der Waals surface area contributed by atoms with Crippen molar-refractivity contribution in [1.29, 1.82) is 0 Å². The molecule has 0 aliphatic carbocycles. The Labute approximate surface area is 81.3 Å². The van der Waals surface area contributed by atoms with Crippen LogP contribution in [0.4, 0.5) is 0 Å². The lowest BCUT2D eigenvalue weighted by atomic mass is 9.93. The van der Waals surface area contributed by atoms with Crippen LogP contribution < -0.4 is 0 Å². The van der Waals surface area contributed by atoms with Crippen LogP contribution in [-0.4, -0.2) is 61.3 Å². The van der Waals surface area contributed by atoms with E-state index in [4.69, 9.17) is 5.11 Å². The second kappa shape index (κ2) is 4.94. The summed E-state index contributed by atoms with van der Waals surface area (Å²) >= 11 is 0. The standard InChI is InChI=1S/C10H22N2O/c1-9-8-12(6-7-13)5-4-10(9)11(2)3/h9-10,13H,4-8H2,1-3H3. The molecular formula is C10H22N2O. The predicted molar refractivity (Wildman–Crippen MR) is 54.8 cm³/mol. The molecule has 0 bridgehead atoms. The molecule has 2 unspecified atom stereocenters. The first-order chi connectivity index (χ1) is 6.15. The van der Waals surface area contributed by atoms with Gasteiger partial charge in [0.25, 0.3) is 0 Å². The fraction of sp³-hybridized carbons (Fsp3) is 1.00. The molecule has 0 saturated carbocycles. The summed E-state index contributed by atoms with van der Waals surface area (Å²) in [6.07, 6.45) is 1.23. The van der Waals surface area contributed by atoms with Gasteiger partial charge in [0.1, 0.15) is 0 Å². The molecule has 1 N–H and O–H groups in total. The number of aliphatic hydroxyl groups excluding tert-OH is 1. The van der Waals surface area contributed by atoms with E-state index < -0.39 is 0 Å². The third kappa shape index (κ3) is 2.93. The van der Waals surface area contributed by atoms with Crippen molar-refractivity contribution in [2.75, 3.05) is 40.3 Å². The van der Waals surface area contributed by atoms with E-state index in [0.29, 0.717) is 6.61 Å². The van der Waals surface area contributed by atoms with E-state index in [1.165, 1.54) is 6.42 Å². The van der Waals surface area contributed by atoms with Crippen LogP contribution >= 0.6 is 0 Å². The van der Waals surface area contributed by atoms with Crippen LogP contribution in [0.2, 0.25) is 0 Å². The molecule has 2 atom stereocenters. The average Bonchev–Trinajstić information content (AvgIpc) is 2.04. The zero-order chi connectivity index (χ0) is 9.84. The fourth-order valence-corrected chi connectivity index (χ4v) is 2.33. The Morgan fingerprint density at radius 3 is 2.62 bits per heavy atom. The van der Waals surface area contributed by atoms with E-state index in [0.717, 1.165) is 31.6 Å². The highest BCUT2D eigenvalue weighted by Gasteiger charge is 2.26. The molecule has 0 amide bonds. The number of β-amino-alcohol motifs (C(OH)–C–C–N with tert-alkyl or cyclic N) is 1. The van der Waals surface area contributed by atoms with Crippen molar-refractivity contribution < 1.29 is 5.11 Å². The predicted octanol–water partition coefficient (Wildman–Crippen LogP) is 0.251. The monoisotopic (exact) mass is 186 g/mol. The van der Waals surface area contributed by atoms with Crippen molar-refractivity contribution in [3.63, 3.8) is 0 Å². The summed E-state index contributed by atoms with van der Waals surface area (Å²) in [5.74, 6) is 0.718. The van der Waals surface area contributed by atoms with Gasteiger partial charge in [-0.3, -0.25) is 0 Å². The minimum atomic E-state index is 0.291. The second-order valence-corrected chi connectivity index (χ2v) is 4.32. The largest absolute Gasteiger partial charge is 0.395 e. The van der Waals surface area contributed by atoms with Crippen LogP contribution in [0, 0.1) is 5.92 Å². The normalized spacial score (nSPS) is 31.2. The summed E-state index contributed by atoms with van der Waals surface area (Å²) in [7, 11) is 4.31. The van der Waals surface area contributed by atoms with Crippen LogP contribution in [-0.2, 0) is 0 Å². The van der Waals surface area contributed by atoms with Gasteiger partial charge in [-0.1, -0.05) is 6.92 Å². The van der Waals surface area contributed by atoms with Gasteiger partial charge in [-0.15, -0.1) is 0 Å². The van der Waals surface area contributed by atoms with Gasteiger partial charge < -0.3 is 14.9 Å². The van der Waals surface area contributed by atoms with Gasteiger partial charge in [-0.05, 0) is 33.0 Å². The molecule has 1 heterocycles. The maximum atomic E-state index is 8.83. The number of rotatable bonds is 3. The molecule has 78 valence electrons. The molecule has 0 spiro atoms. The molecule has 0 aromatic rings. The summed E-state index contributed by atoms with van der Waals surface area (Å²) in [4.78, 5) is 4.67. The molecule has 0 radical (unpaired) electrons. The Hall–Kier alpha value is -0.120. The first-order valence-corrected chi connectivity index (χ1v) is 5.14. The molecule has 3 heteroatoms. The SMILES string of the molecule is CC1CN(CCO)CCC1N(C)C.